The fourth-order valence-electron chi connectivity index (χ4n) is 4.27. The zero-order chi connectivity index (χ0) is 27.8. The first-order chi connectivity index (χ1) is 18.5. The average molecular weight is 576 g/mol. The van der Waals surface area contributed by atoms with Crippen molar-refractivity contribution in [3.8, 4) is 0 Å². The van der Waals surface area contributed by atoms with Crippen LogP contribution in [-0.4, -0.2) is 66.2 Å². The Morgan fingerprint density at radius 1 is 0.923 bits per heavy atom. The van der Waals surface area contributed by atoms with E-state index in [1.165, 1.54) is 45.0 Å². The lowest BCUT2D eigenvalue weighted by Crippen LogP contribution is -2.50. The number of hydrogen-bond acceptors (Lipinski definition) is 7. The molecule has 2 aromatic heterocycles. The van der Waals surface area contributed by atoms with Gasteiger partial charge in [0.1, 0.15) is 10.6 Å². The predicted molar refractivity (Wildman–Crippen MR) is 138 cm³/mol. The van der Waals surface area contributed by atoms with E-state index in [0.29, 0.717) is 17.1 Å². The van der Waals surface area contributed by atoms with Crippen LogP contribution in [0.1, 0.15) is 26.4 Å². The molecule has 0 aliphatic carbocycles. The third-order valence-electron chi connectivity index (χ3n) is 6.21. The number of para-hydroxylation sites is 1. The van der Waals surface area contributed by atoms with Gasteiger partial charge in [-0.05, 0) is 30.3 Å². The van der Waals surface area contributed by atoms with Crippen molar-refractivity contribution >= 4 is 49.8 Å². The minimum Gasteiger partial charge on any atom is -0.335 e. The number of piperazine rings is 1. The Morgan fingerprint density at radius 2 is 1.62 bits per heavy atom. The molecule has 5 rings (SSSR count). The summed E-state index contributed by atoms with van der Waals surface area (Å²) in [6.45, 7) is 0.646. The number of anilines is 1. The highest BCUT2D eigenvalue weighted by molar-refractivity contribution is 7.93. The number of halogens is 3. The van der Waals surface area contributed by atoms with Gasteiger partial charge in [0.05, 0.1) is 22.3 Å². The third-order valence-corrected chi connectivity index (χ3v) is 8.19. The Morgan fingerprint density at radius 3 is 2.28 bits per heavy atom. The van der Waals surface area contributed by atoms with Crippen LogP contribution in [-0.2, 0) is 16.2 Å². The number of pyridine rings is 1. The second-order valence-electron chi connectivity index (χ2n) is 8.65. The summed E-state index contributed by atoms with van der Waals surface area (Å²) in [5, 5.41) is 2.12. The maximum atomic E-state index is 14.0. The molecule has 2 amide bonds. The molecule has 0 unspecified atom stereocenters. The summed E-state index contributed by atoms with van der Waals surface area (Å²) in [5.74, 6) is -0.936. The molecule has 0 spiro atoms. The lowest BCUT2D eigenvalue weighted by Gasteiger charge is -2.34. The standard InChI is InChI=1S/C25H20F3N5O4S2/c26-25(27,28)18-13-17(23(34)32-9-11-33(12-10-32)24(35)20-14-38-15-30-20)6-7-19(18)31-39(36,37)21-5-1-3-16-4-2-8-29-22(16)21/h1-8,13-15,31H,9-12H2. The summed E-state index contributed by atoms with van der Waals surface area (Å²) in [5.41, 5.74) is -0.329. The van der Waals surface area contributed by atoms with Crippen LogP contribution in [0.3, 0.4) is 0 Å². The van der Waals surface area contributed by atoms with Crippen molar-refractivity contribution < 1.29 is 31.2 Å². The van der Waals surface area contributed by atoms with Crippen molar-refractivity contribution in [1.29, 1.82) is 0 Å². The first kappa shape index (κ1) is 26.6. The highest BCUT2D eigenvalue weighted by Crippen LogP contribution is 2.37. The molecule has 0 atom stereocenters. The predicted octanol–water partition coefficient (Wildman–Crippen LogP) is 4.11. The van der Waals surface area contributed by atoms with Crippen molar-refractivity contribution in [2.75, 3.05) is 30.9 Å². The van der Waals surface area contributed by atoms with E-state index in [-0.39, 0.29) is 48.1 Å². The summed E-state index contributed by atoms with van der Waals surface area (Å²) >= 11 is 1.28. The number of sulfonamides is 1. The normalized spacial score (nSPS) is 14.4. The third kappa shape index (κ3) is 5.43. The molecule has 4 aromatic rings. The first-order valence-corrected chi connectivity index (χ1v) is 14.0. The number of carbonyl (C=O) groups excluding carboxylic acids is 2. The van der Waals surface area contributed by atoms with Crippen molar-refractivity contribution in [3.05, 3.63) is 82.4 Å². The SMILES string of the molecule is O=C(c1ccc(NS(=O)(=O)c2cccc3cccnc23)c(C(F)(F)F)c1)N1CCN(C(=O)c2cscn2)CC1. The van der Waals surface area contributed by atoms with Crippen LogP contribution < -0.4 is 4.72 Å². The number of nitrogens with zero attached hydrogens (tertiary/aromatic N) is 4. The molecule has 1 aliphatic rings. The minimum atomic E-state index is -4.95. The second-order valence-corrected chi connectivity index (χ2v) is 11.0. The van der Waals surface area contributed by atoms with Gasteiger partial charge in [-0.15, -0.1) is 11.3 Å². The zero-order valence-electron chi connectivity index (χ0n) is 20.1. The van der Waals surface area contributed by atoms with Gasteiger partial charge in [0.25, 0.3) is 21.8 Å². The van der Waals surface area contributed by atoms with Gasteiger partial charge in [0, 0.05) is 48.7 Å². The van der Waals surface area contributed by atoms with Crippen molar-refractivity contribution in [2.24, 2.45) is 0 Å². The number of carbonyl (C=O) groups is 2. The molecule has 1 N–H and O–H groups in total. The van der Waals surface area contributed by atoms with Gasteiger partial charge in [-0.25, -0.2) is 13.4 Å². The van der Waals surface area contributed by atoms with Gasteiger partial charge in [0.2, 0.25) is 0 Å². The molecule has 9 nitrogen and oxygen atoms in total. The number of rotatable bonds is 5. The maximum absolute atomic E-state index is 14.0. The molecule has 14 heteroatoms. The van der Waals surface area contributed by atoms with Crippen molar-refractivity contribution in [1.82, 2.24) is 19.8 Å². The van der Waals surface area contributed by atoms with E-state index in [0.717, 1.165) is 12.1 Å². The van der Waals surface area contributed by atoms with Gasteiger partial charge >= 0.3 is 6.18 Å². The van der Waals surface area contributed by atoms with E-state index < -0.39 is 33.4 Å². The van der Waals surface area contributed by atoms with Crippen LogP contribution in [0, 0.1) is 0 Å². The monoisotopic (exact) mass is 575 g/mol. The topological polar surface area (TPSA) is 113 Å². The molecule has 1 fully saturated rings. The van der Waals surface area contributed by atoms with E-state index in [9.17, 15) is 31.2 Å². The number of fused-ring (bicyclic) bond motifs is 1. The van der Waals surface area contributed by atoms with E-state index >= 15 is 0 Å². The van der Waals surface area contributed by atoms with E-state index in [1.807, 2.05) is 4.72 Å². The quantitative estimate of drug-likeness (QED) is 0.383. The van der Waals surface area contributed by atoms with Gasteiger partial charge in [-0.1, -0.05) is 18.2 Å². The minimum absolute atomic E-state index is 0.111. The lowest BCUT2D eigenvalue weighted by molar-refractivity contribution is -0.136. The Bertz CT molecular complexity index is 1650. The molecule has 202 valence electrons. The van der Waals surface area contributed by atoms with Crippen LogP contribution in [0.5, 0.6) is 0 Å². The highest BCUT2D eigenvalue weighted by atomic mass is 32.2. The molecule has 1 aliphatic heterocycles. The number of hydrogen-bond donors (Lipinski definition) is 1. The van der Waals surface area contributed by atoms with Crippen LogP contribution in [0.4, 0.5) is 18.9 Å². The molecule has 0 saturated carbocycles. The van der Waals surface area contributed by atoms with Gasteiger partial charge in [0.15, 0.2) is 0 Å². The Kier molecular flexibility index (Phi) is 6.99. The van der Waals surface area contributed by atoms with E-state index in [4.69, 9.17) is 0 Å². The largest absolute Gasteiger partial charge is 0.418 e. The summed E-state index contributed by atoms with van der Waals surface area (Å²) < 4.78 is 70.3. The first-order valence-electron chi connectivity index (χ1n) is 11.6. The number of nitrogens with one attached hydrogen (secondary N) is 1. The molecule has 2 aromatic carbocycles. The van der Waals surface area contributed by atoms with E-state index in [1.54, 1.807) is 23.6 Å². The Labute approximate surface area is 225 Å². The average Bonchev–Trinajstić information content (AvgIpc) is 3.47. The van der Waals surface area contributed by atoms with Crippen LogP contribution in [0.2, 0.25) is 0 Å². The fourth-order valence-corrected chi connectivity index (χ4v) is 6.06. The number of benzene rings is 2. The lowest BCUT2D eigenvalue weighted by atomic mass is 10.1. The molecule has 0 bridgehead atoms. The van der Waals surface area contributed by atoms with Crippen LogP contribution >= 0.6 is 11.3 Å². The molecule has 1 saturated heterocycles. The van der Waals surface area contributed by atoms with Crippen LogP contribution in [0.15, 0.2) is 70.5 Å². The van der Waals surface area contributed by atoms with E-state index in [2.05, 4.69) is 9.97 Å². The smallest absolute Gasteiger partial charge is 0.335 e. The molecule has 3 heterocycles. The summed E-state index contributed by atoms with van der Waals surface area (Å²) in [7, 11) is -4.46. The van der Waals surface area contributed by atoms with Crippen LogP contribution in [0.25, 0.3) is 10.9 Å². The van der Waals surface area contributed by atoms with Crippen molar-refractivity contribution in [2.45, 2.75) is 11.1 Å². The number of aromatic nitrogens is 2. The molecular formula is C25H20F3N5O4S2. The summed E-state index contributed by atoms with van der Waals surface area (Å²) in [4.78, 5) is 36.2. The Hall–Kier alpha value is -4.04. The summed E-state index contributed by atoms with van der Waals surface area (Å²) in [6.07, 6.45) is -3.57. The second kappa shape index (κ2) is 10.3. The highest BCUT2D eigenvalue weighted by Gasteiger charge is 2.36. The number of thiazole rings is 1. The fraction of sp³-hybridized carbons (Fsp3) is 0.200. The van der Waals surface area contributed by atoms with Gasteiger partial charge < -0.3 is 9.80 Å². The van der Waals surface area contributed by atoms with Gasteiger partial charge in [-0.2, -0.15) is 13.2 Å². The van der Waals surface area contributed by atoms with Crippen molar-refractivity contribution in [3.63, 3.8) is 0 Å². The number of alkyl halides is 3. The number of amides is 2. The summed E-state index contributed by atoms with van der Waals surface area (Å²) in [6, 6.07) is 10.3. The molecule has 0 radical (unpaired) electrons. The Balaban J connectivity index is 1.37. The molecule has 39 heavy (non-hydrogen) atoms. The zero-order valence-corrected chi connectivity index (χ0v) is 21.7. The molecular weight excluding hydrogens is 555 g/mol. The van der Waals surface area contributed by atoms with Gasteiger partial charge in [-0.3, -0.25) is 19.3 Å². The maximum Gasteiger partial charge on any atom is 0.418 e.